The van der Waals surface area contributed by atoms with Crippen LogP contribution in [0.3, 0.4) is 0 Å². The van der Waals surface area contributed by atoms with Crippen molar-refractivity contribution < 1.29 is 14.6 Å². The van der Waals surface area contributed by atoms with Gasteiger partial charge >= 0.3 is 0 Å². The molecule has 0 aromatic heterocycles. The Hall–Kier alpha value is -0.200. The van der Waals surface area contributed by atoms with Crippen molar-refractivity contribution in [3.8, 4) is 0 Å². The lowest BCUT2D eigenvalue weighted by atomic mass is 9.84. The summed E-state index contributed by atoms with van der Waals surface area (Å²) in [5.41, 5.74) is -0.641. The summed E-state index contributed by atoms with van der Waals surface area (Å²) in [6.07, 6.45) is 21.7. The van der Waals surface area contributed by atoms with Gasteiger partial charge in [0.1, 0.15) is 18.1 Å². The fourth-order valence-electron chi connectivity index (χ4n) is 7.85. The van der Waals surface area contributed by atoms with E-state index in [4.69, 9.17) is 9.47 Å². The van der Waals surface area contributed by atoms with Crippen molar-refractivity contribution in [2.45, 2.75) is 146 Å². The Bertz CT molecular complexity index is 632. The second kappa shape index (κ2) is 11.9. The molecule has 196 valence electrons. The summed E-state index contributed by atoms with van der Waals surface area (Å²) in [5, 5.41) is 11.6. The quantitative estimate of drug-likeness (QED) is 0.486. The van der Waals surface area contributed by atoms with Crippen molar-refractivity contribution in [3.63, 3.8) is 0 Å². The molecule has 5 fully saturated rings. The van der Waals surface area contributed by atoms with E-state index in [1.54, 1.807) is 0 Å². The minimum atomic E-state index is -0.641. The molecule has 5 saturated heterocycles. The summed E-state index contributed by atoms with van der Waals surface area (Å²) in [6, 6.07) is 0. The van der Waals surface area contributed by atoms with E-state index in [2.05, 4.69) is 16.7 Å². The van der Waals surface area contributed by atoms with Gasteiger partial charge in [-0.1, -0.05) is 58.3 Å². The van der Waals surface area contributed by atoms with Gasteiger partial charge in [-0.3, -0.25) is 9.80 Å². The molecule has 0 amide bonds. The van der Waals surface area contributed by atoms with Gasteiger partial charge in [0.05, 0.1) is 12.2 Å². The normalized spacial score (nSPS) is 44.3. The SMILES string of the molecule is C[C@@H]1CN2CCC[C@H]3CCCCCC[C@H]4CCN5CCC[C@@](O)(CCCCCC[C@H]1O[C@H]32)[C@H]5O4. The van der Waals surface area contributed by atoms with Gasteiger partial charge < -0.3 is 14.6 Å². The molecule has 5 aliphatic heterocycles. The Balaban J connectivity index is 1.20. The third-order valence-electron chi connectivity index (χ3n) is 9.86. The van der Waals surface area contributed by atoms with Gasteiger partial charge in [-0.2, -0.15) is 0 Å². The molecule has 5 heteroatoms. The summed E-state index contributed by atoms with van der Waals surface area (Å²) >= 11 is 0. The number of nitrogens with zero attached hydrogens (tertiary/aromatic N) is 2. The predicted molar refractivity (Wildman–Crippen MR) is 137 cm³/mol. The minimum Gasteiger partial charge on any atom is -0.386 e. The zero-order valence-corrected chi connectivity index (χ0v) is 22.0. The van der Waals surface area contributed by atoms with E-state index in [1.165, 1.54) is 90.1 Å². The molecule has 5 nitrogen and oxygen atoms in total. The lowest BCUT2D eigenvalue weighted by Gasteiger charge is -2.51. The molecule has 0 aliphatic carbocycles. The van der Waals surface area contributed by atoms with Crippen molar-refractivity contribution in [1.29, 1.82) is 0 Å². The first-order valence-electron chi connectivity index (χ1n) is 15.1. The first-order valence-corrected chi connectivity index (χ1v) is 15.1. The highest BCUT2D eigenvalue weighted by Crippen LogP contribution is 2.39. The van der Waals surface area contributed by atoms with Crippen LogP contribution in [0, 0.1) is 11.8 Å². The van der Waals surface area contributed by atoms with Gasteiger partial charge in [0.15, 0.2) is 0 Å². The first-order chi connectivity index (χ1) is 16.6. The number of aliphatic hydroxyl groups is 1. The molecule has 0 saturated carbocycles. The van der Waals surface area contributed by atoms with Crippen LogP contribution in [0.5, 0.6) is 0 Å². The van der Waals surface area contributed by atoms with Crippen LogP contribution in [0.1, 0.15) is 116 Å². The average Bonchev–Trinajstić information content (AvgIpc) is 2.83. The van der Waals surface area contributed by atoms with E-state index < -0.39 is 5.60 Å². The Morgan fingerprint density at radius 2 is 1.38 bits per heavy atom. The summed E-state index contributed by atoms with van der Waals surface area (Å²) in [7, 11) is 0. The highest BCUT2D eigenvalue weighted by Gasteiger charge is 2.46. The van der Waals surface area contributed by atoms with Gasteiger partial charge in [-0.05, 0) is 69.6 Å². The Labute approximate surface area is 208 Å². The standard InChI is InChI=1S/C29H52N2O3/c1-23-22-31-19-10-13-24-12-6-2-3-7-14-25-16-21-30-20-11-18-29(32,28(30)33-25)17-9-5-4-8-15-26(23)34-27(24)31/h23-28,32H,2-22H2,1H3/t23-,24-,25+,26-,27-,28-,29+/m1/s1. The fraction of sp³-hybridized carbons (Fsp3) is 1.00. The van der Waals surface area contributed by atoms with E-state index >= 15 is 0 Å². The van der Waals surface area contributed by atoms with E-state index in [1.807, 2.05) is 0 Å². The summed E-state index contributed by atoms with van der Waals surface area (Å²) < 4.78 is 13.4. The zero-order valence-electron chi connectivity index (χ0n) is 22.0. The maximum absolute atomic E-state index is 11.6. The van der Waals surface area contributed by atoms with Crippen LogP contribution in [0.4, 0.5) is 0 Å². The number of ether oxygens (including phenoxy) is 2. The predicted octanol–water partition coefficient (Wildman–Crippen LogP) is 5.70. The molecule has 0 spiro atoms. The summed E-state index contributed by atoms with van der Waals surface area (Å²) in [6.45, 7) is 7.08. The highest BCUT2D eigenvalue weighted by molar-refractivity contribution is 4.95. The maximum Gasteiger partial charge on any atom is 0.140 e. The second-order valence-corrected chi connectivity index (χ2v) is 12.5. The molecule has 0 unspecified atom stereocenters. The third-order valence-corrected chi connectivity index (χ3v) is 9.86. The maximum atomic E-state index is 11.6. The lowest BCUT2D eigenvalue weighted by Crippen LogP contribution is -2.61. The van der Waals surface area contributed by atoms with Crippen molar-refractivity contribution in [2.24, 2.45) is 11.8 Å². The van der Waals surface area contributed by atoms with E-state index in [0.717, 1.165) is 51.1 Å². The lowest BCUT2D eigenvalue weighted by molar-refractivity contribution is -0.245. The molecule has 5 heterocycles. The van der Waals surface area contributed by atoms with Gasteiger partial charge in [-0.25, -0.2) is 0 Å². The summed E-state index contributed by atoms with van der Waals surface area (Å²) in [5.74, 6) is 1.39. The zero-order chi connectivity index (χ0) is 23.4. The van der Waals surface area contributed by atoms with E-state index in [-0.39, 0.29) is 6.23 Å². The number of piperidine rings is 2. The molecule has 4 bridgehead atoms. The van der Waals surface area contributed by atoms with Crippen LogP contribution < -0.4 is 0 Å². The topological polar surface area (TPSA) is 45.2 Å². The van der Waals surface area contributed by atoms with Crippen LogP contribution >= 0.6 is 0 Å². The molecule has 1 N–H and O–H groups in total. The molecule has 7 atom stereocenters. The Kier molecular flexibility index (Phi) is 8.91. The monoisotopic (exact) mass is 476 g/mol. The number of fused-ring (bicyclic) bond motifs is 2. The van der Waals surface area contributed by atoms with E-state index in [9.17, 15) is 5.11 Å². The summed E-state index contributed by atoms with van der Waals surface area (Å²) in [4.78, 5) is 5.12. The van der Waals surface area contributed by atoms with Crippen LogP contribution in [0.15, 0.2) is 0 Å². The minimum absolute atomic E-state index is 0.0618. The molecule has 5 rings (SSSR count). The number of hydrogen-bond donors (Lipinski definition) is 1. The van der Waals surface area contributed by atoms with Crippen molar-refractivity contribution in [3.05, 3.63) is 0 Å². The van der Waals surface area contributed by atoms with Gasteiger partial charge in [-0.15, -0.1) is 0 Å². The van der Waals surface area contributed by atoms with Gasteiger partial charge in [0.2, 0.25) is 0 Å². The molecule has 34 heavy (non-hydrogen) atoms. The van der Waals surface area contributed by atoms with Crippen molar-refractivity contribution in [2.75, 3.05) is 26.2 Å². The van der Waals surface area contributed by atoms with Gasteiger partial charge in [0, 0.05) is 26.2 Å². The highest BCUT2D eigenvalue weighted by atomic mass is 16.5. The van der Waals surface area contributed by atoms with E-state index in [0.29, 0.717) is 24.4 Å². The molecule has 0 aromatic carbocycles. The largest absolute Gasteiger partial charge is 0.386 e. The molecule has 5 aliphatic rings. The van der Waals surface area contributed by atoms with Crippen LogP contribution in [-0.4, -0.2) is 71.4 Å². The van der Waals surface area contributed by atoms with Crippen LogP contribution in [0.2, 0.25) is 0 Å². The third kappa shape index (κ3) is 6.02. The second-order valence-electron chi connectivity index (χ2n) is 12.5. The fourth-order valence-corrected chi connectivity index (χ4v) is 7.85. The molecule has 0 radical (unpaired) electrons. The van der Waals surface area contributed by atoms with Crippen molar-refractivity contribution in [1.82, 2.24) is 9.80 Å². The molecular formula is C29H52N2O3. The van der Waals surface area contributed by atoms with Crippen molar-refractivity contribution >= 4 is 0 Å². The molecular weight excluding hydrogens is 424 g/mol. The average molecular weight is 477 g/mol. The number of hydrogen-bond acceptors (Lipinski definition) is 5. The Morgan fingerprint density at radius 1 is 0.676 bits per heavy atom. The first kappa shape index (κ1) is 25.4. The Morgan fingerprint density at radius 3 is 2.26 bits per heavy atom. The number of rotatable bonds is 0. The molecule has 0 aromatic rings. The van der Waals surface area contributed by atoms with Crippen LogP contribution in [0.25, 0.3) is 0 Å². The smallest absolute Gasteiger partial charge is 0.140 e. The van der Waals surface area contributed by atoms with Gasteiger partial charge in [0.25, 0.3) is 0 Å². The van der Waals surface area contributed by atoms with Crippen LogP contribution in [-0.2, 0) is 9.47 Å².